The lowest BCUT2D eigenvalue weighted by Crippen LogP contribution is -1.96. The molecule has 0 aliphatic rings. The highest BCUT2D eigenvalue weighted by molar-refractivity contribution is 7.08. The predicted molar refractivity (Wildman–Crippen MR) is 55.8 cm³/mol. The van der Waals surface area contributed by atoms with Crippen LogP contribution < -0.4 is 0 Å². The lowest BCUT2D eigenvalue weighted by atomic mass is 10.2. The number of hydrogen-bond acceptors (Lipinski definition) is 3. The quantitative estimate of drug-likeness (QED) is 0.751. The van der Waals surface area contributed by atoms with Crippen molar-refractivity contribution < 1.29 is 0 Å². The second kappa shape index (κ2) is 3.64. The van der Waals surface area contributed by atoms with Gasteiger partial charge in [0.15, 0.2) is 0 Å². The van der Waals surface area contributed by atoms with E-state index in [1.165, 1.54) is 0 Å². The third kappa shape index (κ3) is 1.54. The molecule has 0 amide bonds. The van der Waals surface area contributed by atoms with Gasteiger partial charge in [-0.05, 0) is 17.5 Å². The van der Waals surface area contributed by atoms with Crippen molar-refractivity contribution in [3.05, 3.63) is 28.6 Å². The Kier molecular flexibility index (Phi) is 2.33. The molecule has 0 saturated carbocycles. The Morgan fingerprint density at radius 3 is 3.14 bits per heavy atom. The van der Waals surface area contributed by atoms with Crippen molar-refractivity contribution >= 4 is 11.3 Å². The number of nitriles is 1. The van der Waals surface area contributed by atoms with Crippen LogP contribution >= 0.6 is 11.3 Å². The van der Waals surface area contributed by atoms with Gasteiger partial charge in [-0.3, -0.25) is 4.68 Å². The van der Waals surface area contributed by atoms with Crippen LogP contribution in [-0.2, 0) is 13.5 Å². The van der Waals surface area contributed by atoms with Gasteiger partial charge < -0.3 is 0 Å². The first-order valence-electron chi connectivity index (χ1n) is 4.23. The molecule has 0 aliphatic carbocycles. The Balaban J connectivity index is 2.39. The van der Waals surface area contributed by atoms with E-state index in [9.17, 15) is 0 Å². The summed E-state index contributed by atoms with van der Waals surface area (Å²) >= 11 is 1.65. The molecule has 3 nitrogen and oxygen atoms in total. The number of aromatic nitrogens is 2. The molecule has 14 heavy (non-hydrogen) atoms. The van der Waals surface area contributed by atoms with Gasteiger partial charge in [-0.25, -0.2) is 0 Å². The van der Waals surface area contributed by atoms with Crippen LogP contribution in [0.4, 0.5) is 0 Å². The zero-order chi connectivity index (χ0) is 9.97. The summed E-state index contributed by atoms with van der Waals surface area (Å²) in [6, 6.07) is 6.12. The molecule has 0 spiro atoms. The maximum atomic E-state index is 8.59. The Labute approximate surface area is 86.2 Å². The van der Waals surface area contributed by atoms with Crippen molar-refractivity contribution in [1.82, 2.24) is 9.78 Å². The zero-order valence-corrected chi connectivity index (χ0v) is 8.58. The Morgan fingerprint density at radius 1 is 1.64 bits per heavy atom. The third-order valence-electron chi connectivity index (χ3n) is 2.05. The summed E-state index contributed by atoms with van der Waals surface area (Å²) in [6.07, 6.45) is 0.410. The van der Waals surface area contributed by atoms with Gasteiger partial charge in [-0.2, -0.15) is 21.7 Å². The average Bonchev–Trinajstić information content (AvgIpc) is 2.76. The molecule has 0 fully saturated rings. The van der Waals surface area contributed by atoms with Crippen molar-refractivity contribution in [1.29, 1.82) is 5.26 Å². The number of nitrogens with zero attached hydrogens (tertiary/aromatic N) is 3. The van der Waals surface area contributed by atoms with Gasteiger partial charge in [0, 0.05) is 18.0 Å². The van der Waals surface area contributed by atoms with Gasteiger partial charge in [-0.1, -0.05) is 0 Å². The highest BCUT2D eigenvalue weighted by Gasteiger charge is 2.06. The number of thiophene rings is 1. The van der Waals surface area contributed by atoms with Crippen molar-refractivity contribution in [2.24, 2.45) is 7.05 Å². The summed E-state index contributed by atoms with van der Waals surface area (Å²) < 4.78 is 1.76. The Morgan fingerprint density at radius 2 is 2.50 bits per heavy atom. The first kappa shape index (κ1) is 8.97. The van der Waals surface area contributed by atoms with Gasteiger partial charge in [0.1, 0.15) is 0 Å². The molecule has 0 unspecified atom stereocenters. The molecule has 4 heteroatoms. The van der Waals surface area contributed by atoms with E-state index in [0.717, 1.165) is 17.0 Å². The Bertz CT molecular complexity index is 462. The van der Waals surface area contributed by atoms with Crippen molar-refractivity contribution in [3.8, 4) is 17.3 Å². The number of aryl methyl sites for hydroxylation is 1. The highest BCUT2D eigenvalue weighted by atomic mass is 32.1. The second-order valence-corrected chi connectivity index (χ2v) is 3.77. The summed E-state index contributed by atoms with van der Waals surface area (Å²) in [5, 5.41) is 17.0. The molecule has 0 N–H and O–H groups in total. The van der Waals surface area contributed by atoms with Gasteiger partial charge in [0.25, 0.3) is 0 Å². The smallest absolute Gasteiger partial charge is 0.0934 e. The molecule has 0 aliphatic heterocycles. The standard InChI is InChI=1S/C10H9N3S/c1-13-9(2-4-11)6-10(12-13)8-3-5-14-7-8/h3,5-7H,2H2,1H3. The molecule has 70 valence electrons. The van der Waals surface area contributed by atoms with Crippen LogP contribution in [0.1, 0.15) is 5.69 Å². The molecule has 0 radical (unpaired) electrons. The fourth-order valence-electron chi connectivity index (χ4n) is 1.30. The van der Waals surface area contributed by atoms with Crippen LogP contribution in [-0.4, -0.2) is 9.78 Å². The maximum Gasteiger partial charge on any atom is 0.0934 e. The monoisotopic (exact) mass is 203 g/mol. The Hall–Kier alpha value is -1.60. The topological polar surface area (TPSA) is 41.6 Å². The fraction of sp³-hybridized carbons (Fsp3) is 0.200. The van der Waals surface area contributed by atoms with E-state index in [4.69, 9.17) is 5.26 Å². The predicted octanol–water partition coefficient (Wildman–Crippen LogP) is 2.21. The van der Waals surface area contributed by atoms with Crippen LogP contribution in [0.2, 0.25) is 0 Å². The molecule has 2 aromatic rings. The molecular formula is C10H9N3S. The van der Waals surface area contributed by atoms with Crippen molar-refractivity contribution in [3.63, 3.8) is 0 Å². The van der Waals surface area contributed by atoms with Gasteiger partial charge in [0.05, 0.1) is 23.9 Å². The SMILES string of the molecule is Cn1nc(-c2ccsc2)cc1CC#N. The van der Waals surface area contributed by atoms with Crippen molar-refractivity contribution in [2.45, 2.75) is 6.42 Å². The fourth-order valence-corrected chi connectivity index (χ4v) is 1.95. The van der Waals surface area contributed by atoms with Crippen LogP contribution in [0.25, 0.3) is 11.3 Å². The molecule has 0 saturated heterocycles. The molecule has 0 aromatic carbocycles. The first-order chi connectivity index (χ1) is 6.81. The minimum Gasteiger partial charge on any atom is -0.271 e. The molecule has 0 bridgehead atoms. The van der Waals surface area contributed by atoms with Gasteiger partial charge >= 0.3 is 0 Å². The molecule has 2 aromatic heterocycles. The van der Waals surface area contributed by atoms with Crippen molar-refractivity contribution in [2.75, 3.05) is 0 Å². The maximum absolute atomic E-state index is 8.59. The van der Waals surface area contributed by atoms with E-state index in [2.05, 4.69) is 16.5 Å². The summed E-state index contributed by atoms with van der Waals surface area (Å²) in [6.45, 7) is 0. The average molecular weight is 203 g/mol. The minimum absolute atomic E-state index is 0.410. The second-order valence-electron chi connectivity index (χ2n) is 2.99. The highest BCUT2D eigenvalue weighted by Crippen LogP contribution is 2.21. The molecular weight excluding hydrogens is 194 g/mol. The van der Waals surface area contributed by atoms with E-state index in [1.807, 2.05) is 24.6 Å². The van der Waals surface area contributed by atoms with Crippen LogP contribution in [0.15, 0.2) is 22.9 Å². The van der Waals surface area contributed by atoms with Gasteiger partial charge in [-0.15, -0.1) is 0 Å². The first-order valence-corrected chi connectivity index (χ1v) is 5.18. The molecule has 0 atom stereocenters. The zero-order valence-electron chi connectivity index (χ0n) is 7.77. The van der Waals surface area contributed by atoms with E-state index in [0.29, 0.717) is 6.42 Å². The molecule has 2 rings (SSSR count). The van der Waals surface area contributed by atoms with E-state index >= 15 is 0 Å². The largest absolute Gasteiger partial charge is 0.271 e. The van der Waals surface area contributed by atoms with Crippen LogP contribution in [0.5, 0.6) is 0 Å². The summed E-state index contributed by atoms with van der Waals surface area (Å²) in [5.41, 5.74) is 3.02. The lowest BCUT2D eigenvalue weighted by molar-refractivity contribution is 0.731. The van der Waals surface area contributed by atoms with E-state index < -0.39 is 0 Å². The summed E-state index contributed by atoms with van der Waals surface area (Å²) in [7, 11) is 1.86. The number of rotatable bonds is 2. The number of hydrogen-bond donors (Lipinski definition) is 0. The van der Waals surface area contributed by atoms with Gasteiger partial charge in [0.2, 0.25) is 0 Å². The van der Waals surface area contributed by atoms with Crippen LogP contribution in [0.3, 0.4) is 0 Å². The minimum atomic E-state index is 0.410. The normalized spacial score (nSPS) is 10.0. The van der Waals surface area contributed by atoms with Crippen LogP contribution in [0, 0.1) is 11.3 Å². The summed E-state index contributed by atoms with van der Waals surface area (Å²) in [4.78, 5) is 0. The molecule has 2 heterocycles. The lowest BCUT2D eigenvalue weighted by Gasteiger charge is -1.91. The summed E-state index contributed by atoms with van der Waals surface area (Å²) in [5.74, 6) is 0. The van der Waals surface area contributed by atoms with E-state index in [-0.39, 0.29) is 0 Å². The van der Waals surface area contributed by atoms with E-state index in [1.54, 1.807) is 16.0 Å². The third-order valence-corrected chi connectivity index (χ3v) is 2.74.